The summed E-state index contributed by atoms with van der Waals surface area (Å²) < 4.78 is 0. The SMILES string of the molecule is C=C(CC=C(C)C)C1CC1(C)CO. The fraction of sp³-hybridized carbons (Fsp3) is 0.667. The van der Waals surface area contributed by atoms with E-state index in [2.05, 4.69) is 33.4 Å². The highest BCUT2D eigenvalue weighted by Gasteiger charge is 2.50. The van der Waals surface area contributed by atoms with Gasteiger partial charge in [0.1, 0.15) is 0 Å². The van der Waals surface area contributed by atoms with Gasteiger partial charge in [-0.25, -0.2) is 0 Å². The van der Waals surface area contributed by atoms with E-state index in [1.807, 2.05) is 0 Å². The second-order valence-electron chi connectivity index (χ2n) is 4.71. The molecular formula is C12H20O. The molecule has 0 aromatic carbocycles. The van der Waals surface area contributed by atoms with Gasteiger partial charge in [0.2, 0.25) is 0 Å². The molecule has 1 nitrogen and oxygen atoms in total. The van der Waals surface area contributed by atoms with Crippen LogP contribution in [0.4, 0.5) is 0 Å². The Hall–Kier alpha value is -0.560. The van der Waals surface area contributed by atoms with Crippen LogP contribution in [0.1, 0.15) is 33.6 Å². The highest BCUT2D eigenvalue weighted by molar-refractivity contribution is 5.20. The molecule has 0 bridgehead atoms. The van der Waals surface area contributed by atoms with Gasteiger partial charge in [0, 0.05) is 6.61 Å². The maximum Gasteiger partial charge on any atom is 0.0490 e. The van der Waals surface area contributed by atoms with Gasteiger partial charge in [0.15, 0.2) is 0 Å². The monoisotopic (exact) mass is 180 g/mol. The second-order valence-corrected chi connectivity index (χ2v) is 4.71. The topological polar surface area (TPSA) is 20.2 Å². The molecule has 0 saturated heterocycles. The third kappa shape index (κ3) is 2.44. The van der Waals surface area contributed by atoms with E-state index in [0.29, 0.717) is 12.5 Å². The molecule has 1 saturated carbocycles. The van der Waals surface area contributed by atoms with Crippen LogP contribution in [0.5, 0.6) is 0 Å². The van der Waals surface area contributed by atoms with E-state index in [0.717, 1.165) is 12.8 Å². The van der Waals surface area contributed by atoms with Crippen LogP contribution in [0.15, 0.2) is 23.8 Å². The van der Waals surface area contributed by atoms with E-state index < -0.39 is 0 Å². The summed E-state index contributed by atoms with van der Waals surface area (Å²) in [5.41, 5.74) is 2.76. The maximum atomic E-state index is 9.11. The molecule has 1 aliphatic rings. The smallest absolute Gasteiger partial charge is 0.0490 e. The lowest BCUT2D eigenvalue weighted by Crippen LogP contribution is -2.04. The number of rotatable bonds is 4. The lowest BCUT2D eigenvalue weighted by Gasteiger charge is -2.07. The Labute approximate surface area is 81.2 Å². The number of hydrogen-bond donors (Lipinski definition) is 1. The van der Waals surface area contributed by atoms with E-state index in [4.69, 9.17) is 5.11 Å². The molecule has 1 N–H and O–H groups in total. The van der Waals surface area contributed by atoms with Crippen molar-refractivity contribution in [3.05, 3.63) is 23.8 Å². The van der Waals surface area contributed by atoms with Gasteiger partial charge in [-0.1, -0.05) is 30.7 Å². The highest BCUT2D eigenvalue weighted by atomic mass is 16.3. The van der Waals surface area contributed by atoms with Gasteiger partial charge in [0.05, 0.1) is 0 Å². The molecule has 1 heteroatoms. The van der Waals surface area contributed by atoms with Crippen molar-refractivity contribution < 1.29 is 5.11 Å². The largest absolute Gasteiger partial charge is 0.396 e. The third-order valence-electron chi connectivity index (χ3n) is 2.98. The average Bonchev–Trinajstić information content (AvgIpc) is 2.75. The molecule has 0 aromatic rings. The molecule has 74 valence electrons. The van der Waals surface area contributed by atoms with E-state index in [9.17, 15) is 0 Å². The zero-order valence-corrected chi connectivity index (χ0v) is 8.93. The van der Waals surface area contributed by atoms with Crippen LogP contribution < -0.4 is 0 Å². The van der Waals surface area contributed by atoms with Gasteiger partial charge in [0.25, 0.3) is 0 Å². The minimum Gasteiger partial charge on any atom is -0.396 e. The number of aliphatic hydroxyl groups is 1. The Kier molecular flexibility index (Phi) is 2.97. The summed E-state index contributed by atoms with van der Waals surface area (Å²) >= 11 is 0. The van der Waals surface area contributed by atoms with Gasteiger partial charge in [-0.2, -0.15) is 0 Å². The predicted octanol–water partition coefficient (Wildman–Crippen LogP) is 2.92. The molecule has 0 spiro atoms. The lowest BCUT2D eigenvalue weighted by molar-refractivity contribution is 0.216. The quantitative estimate of drug-likeness (QED) is 0.659. The van der Waals surface area contributed by atoms with Crippen molar-refractivity contribution in [1.29, 1.82) is 0 Å². The van der Waals surface area contributed by atoms with Crippen LogP contribution in [0, 0.1) is 11.3 Å². The number of allylic oxidation sites excluding steroid dienone is 3. The summed E-state index contributed by atoms with van der Waals surface area (Å²) in [6.45, 7) is 10.7. The fourth-order valence-corrected chi connectivity index (χ4v) is 1.70. The Balaban J connectivity index is 2.40. The molecule has 0 aliphatic heterocycles. The minimum absolute atomic E-state index is 0.145. The first-order valence-corrected chi connectivity index (χ1v) is 4.91. The van der Waals surface area contributed by atoms with Crippen molar-refractivity contribution in [2.75, 3.05) is 6.61 Å². The summed E-state index contributed by atoms with van der Waals surface area (Å²) in [4.78, 5) is 0. The van der Waals surface area contributed by atoms with E-state index in [1.165, 1.54) is 11.1 Å². The molecule has 0 radical (unpaired) electrons. The molecular weight excluding hydrogens is 160 g/mol. The Morgan fingerprint density at radius 2 is 2.23 bits per heavy atom. The third-order valence-corrected chi connectivity index (χ3v) is 2.98. The highest BCUT2D eigenvalue weighted by Crippen LogP contribution is 2.56. The molecule has 2 atom stereocenters. The molecule has 1 rings (SSSR count). The van der Waals surface area contributed by atoms with Crippen LogP contribution in [-0.4, -0.2) is 11.7 Å². The van der Waals surface area contributed by atoms with Gasteiger partial charge >= 0.3 is 0 Å². The van der Waals surface area contributed by atoms with E-state index in [1.54, 1.807) is 0 Å². The van der Waals surface area contributed by atoms with Crippen LogP contribution in [0.2, 0.25) is 0 Å². The van der Waals surface area contributed by atoms with Crippen LogP contribution in [-0.2, 0) is 0 Å². The number of hydrogen-bond acceptors (Lipinski definition) is 1. The molecule has 0 amide bonds. The second kappa shape index (κ2) is 3.67. The summed E-state index contributed by atoms with van der Waals surface area (Å²) in [6.07, 6.45) is 4.29. The van der Waals surface area contributed by atoms with Crippen molar-refractivity contribution in [1.82, 2.24) is 0 Å². The molecule has 0 heterocycles. The molecule has 1 fully saturated rings. The summed E-state index contributed by atoms with van der Waals surface area (Å²) in [5.74, 6) is 0.549. The maximum absolute atomic E-state index is 9.11. The van der Waals surface area contributed by atoms with Crippen molar-refractivity contribution >= 4 is 0 Å². The summed E-state index contributed by atoms with van der Waals surface area (Å²) in [7, 11) is 0. The van der Waals surface area contributed by atoms with Gasteiger partial charge in [-0.3, -0.25) is 0 Å². The summed E-state index contributed by atoms with van der Waals surface area (Å²) in [5, 5.41) is 9.11. The molecule has 0 aromatic heterocycles. The molecule has 13 heavy (non-hydrogen) atoms. The van der Waals surface area contributed by atoms with Crippen molar-refractivity contribution in [3.8, 4) is 0 Å². The Morgan fingerprint density at radius 3 is 2.62 bits per heavy atom. The summed E-state index contributed by atoms with van der Waals surface area (Å²) in [6, 6.07) is 0. The zero-order chi connectivity index (χ0) is 10.1. The van der Waals surface area contributed by atoms with Crippen molar-refractivity contribution in [2.24, 2.45) is 11.3 Å². The Bertz CT molecular complexity index is 236. The Morgan fingerprint density at radius 1 is 1.62 bits per heavy atom. The number of aliphatic hydroxyl groups excluding tert-OH is 1. The molecule has 1 aliphatic carbocycles. The first-order valence-electron chi connectivity index (χ1n) is 4.91. The zero-order valence-electron chi connectivity index (χ0n) is 8.93. The van der Waals surface area contributed by atoms with Crippen molar-refractivity contribution in [3.63, 3.8) is 0 Å². The van der Waals surface area contributed by atoms with Gasteiger partial charge in [-0.15, -0.1) is 0 Å². The van der Waals surface area contributed by atoms with Crippen LogP contribution in [0.25, 0.3) is 0 Å². The average molecular weight is 180 g/mol. The minimum atomic E-state index is 0.145. The first kappa shape index (κ1) is 10.5. The van der Waals surface area contributed by atoms with Gasteiger partial charge in [-0.05, 0) is 38.0 Å². The van der Waals surface area contributed by atoms with E-state index in [-0.39, 0.29) is 5.41 Å². The van der Waals surface area contributed by atoms with Crippen LogP contribution in [0.3, 0.4) is 0 Å². The van der Waals surface area contributed by atoms with E-state index >= 15 is 0 Å². The standard InChI is InChI=1S/C12H20O/c1-9(2)5-6-10(3)11-7-12(11,4)8-13/h5,11,13H,3,6-8H2,1-2,4H3. The normalized spacial score (nSPS) is 31.2. The van der Waals surface area contributed by atoms with Crippen molar-refractivity contribution in [2.45, 2.75) is 33.6 Å². The lowest BCUT2D eigenvalue weighted by atomic mass is 10.0. The van der Waals surface area contributed by atoms with Gasteiger partial charge < -0.3 is 5.11 Å². The fourth-order valence-electron chi connectivity index (χ4n) is 1.70. The predicted molar refractivity (Wildman–Crippen MR) is 56.5 cm³/mol. The van der Waals surface area contributed by atoms with Crippen LogP contribution >= 0.6 is 0 Å². The first-order chi connectivity index (χ1) is 5.99. The molecule has 2 unspecified atom stereocenters.